The van der Waals surface area contributed by atoms with Crippen LogP contribution in [0.15, 0.2) is 54.6 Å². The van der Waals surface area contributed by atoms with Crippen molar-refractivity contribution in [1.82, 2.24) is 10.2 Å². The van der Waals surface area contributed by atoms with Gasteiger partial charge in [-0.1, -0.05) is 30.3 Å². The van der Waals surface area contributed by atoms with Gasteiger partial charge in [-0.05, 0) is 36.0 Å². The molecule has 0 atom stereocenters. The minimum absolute atomic E-state index is 0.114. The van der Waals surface area contributed by atoms with Crippen LogP contribution in [0.5, 0.6) is 0 Å². The number of rotatable bonds is 4. The average molecular weight is 464 g/mol. The van der Waals surface area contributed by atoms with Crippen LogP contribution in [0.4, 0.5) is 24.5 Å². The third-order valence-electron chi connectivity index (χ3n) is 4.86. The maximum absolute atomic E-state index is 12.9. The van der Waals surface area contributed by atoms with Gasteiger partial charge in [-0.15, -0.1) is 0 Å². The molecule has 0 spiro atoms. The first-order chi connectivity index (χ1) is 15.1. The van der Waals surface area contributed by atoms with E-state index in [4.69, 9.17) is 12.2 Å². The fourth-order valence-corrected chi connectivity index (χ4v) is 3.51. The van der Waals surface area contributed by atoms with Crippen molar-refractivity contribution in [1.29, 1.82) is 0 Å². The molecule has 0 radical (unpaired) electrons. The van der Waals surface area contributed by atoms with Gasteiger partial charge in [0.2, 0.25) is 5.91 Å². The van der Waals surface area contributed by atoms with Gasteiger partial charge >= 0.3 is 6.18 Å². The number of halogens is 3. The third-order valence-corrected chi connectivity index (χ3v) is 5.22. The first-order valence-electron chi connectivity index (χ1n) is 9.59. The van der Waals surface area contributed by atoms with E-state index >= 15 is 0 Å². The van der Waals surface area contributed by atoms with Crippen LogP contribution in [-0.2, 0) is 11.0 Å². The standard InChI is InChI=1S/C21H19F3N4O3S/c22-21(23,24)16-7-8-17(18(14-16)28(30)31)26-10-12-27(13-11-26)20(32)25-19(29)9-6-15-4-2-1-3-5-15/h1-9,14H,10-13H2,(H,25,29,32)/b9-6+. The Hall–Kier alpha value is -3.47. The van der Waals surface area contributed by atoms with Crippen LogP contribution in [0.3, 0.4) is 0 Å². The van der Waals surface area contributed by atoms with Crippen molar-refractivity contribution in [3.63, 3.8) is 0 Å². The molecule has 32 heavy (non-hydrogen) atoms. The van der Waals surface area contributed by atoms with E-state index in [1.54, 1.807) is 15.9 Å². The number of carbonyl (C=O) groups excluding carboxylic acids is 1. The smallest absolute Gasteiger partial charge is 0.362 e. The Morgan fingerprint density at radius 1 is 1.09 bits per heavy atom. The molecule has 1 aliphatic heterocycles. The van der Waals surface area contributed by atoms with Crippen LogP contribution < -0.4 is 10.2 Å². The van der Waals surface area contributed by atoms with Crippen LogP contribution in [-0.4, -0.2) is 47.0 Å². The lowest BCUT2D eigenvalue weighted by atomic mass is 10.1. The predicted molar refractivity (Wildman–Crippen MR) is 118 cm³/mol. The van der Waals surface area contributed by atoms with Gasteiger partial charge in [0.25, 0.3) is 5.69 Å². The van der Waals surface area contributed by atoms with Gasteiger partial charge in [0.05, 0.1) is 10.5 Å². The monoisotopic (exact) mass is 464 g/mol. The van der Waals surface area contributed by atoms with Crippen molar-refractivity contribution in [2.24, 2.45) is 0 Å². The Bertz CT molecular complexity index is 1040. The molecule has 168 valence electrons. The lowest BCUT2D eigenvalue weighted by molar-refractivity contribution is -0.384. The summed E-state index contributed by atoms with van der Waals surface area (Å²) >= 11 is 5.27. The Labute approximate surface area is 187 Å². The molecule has 11 heteroatoms. The van der Waals surface area contributed by atoms with E-state index in [1.165, 1.54) is 6.08 Å². The van der Waals surface area contributed by atoms with Crippen molar-refractivity contribution in [3.05, 3.63) is 75.8 Å². The van der Waals surface area contributed by atoms with Crippen LogP contribution in [0.1, 0.15) is 11.1 Å². The second kappa shape index (κ2) is 9.77. The van der Waals surface area contributed by atoms with Gasteiger partial charge in [0, 0.05) is 38.3 Å². The molecule has 0 saturated carbocycles. The highest BCUT2D eigenvalue weighted by Gasteiger charge is 2.34. The first-order valence-corrected chi connectivity index (χ1v) is 9.99. The number of anilines is 1. The quantitative estimate of drug-likeness (QED) is 0.321. The molecule has 0 aromatic heterocycles. The van der Waals surface area contributed by atoms with Gasteiger partial charge in [0.15, 0.2) is 5.11 Å². The van der Waals surface area contributed by atoms with Gasteiger partial charge in [-0.3, -0.25) is 20.2 Å². The maximum Gasteiger partial charge on any atom is 0.416 e. The largest absolute Gasteiger partial charge is 0.416 e. The van der Waals surface area contributed by atoms with E-state index in [-0.39, 0.29) is 16.7 Å². The molecule has 1 heterocycles. The molecule has 0 bridgehead atoms. The molecular weight excluding hydrogens is 445 g/mol. The summed E-state index contributed by atoms with van der Waals surface area (Å²) in [6.07, 6.45) is -1.65. The summed E-state index contributed by atoms with van der Waals surface area (Å²) in [7, 11) is 0. The number of nitrogens with one attached hydrogen (secondary N) is 1. The summed E-state index contributed by atoms with van der Waals surface area (Å²) in [5.74, 6) is -0.389. The number of nitro groups is 1. The highest BCUT2D eigenvalue weighted by atomic mass is 32.1. The zero-order valence-corrected chi connectivity index (χ0v) is 17.5. The number of amides is 1. The minimum Gasteiger partial charge on any atom is -0.362 e. The minimum atomic E-state index is -4.67. The maximum atomic E-state index is 12.9. The van der Waals surface area contributed by atoms with Crippen molar-refractivity contribution in [2.75, 3.05) is 31.1 Å². The molecule has 0 unspecified atom stereocenters. The molecular formula is C21H19F3N4O3S. The summed E-state index contributed by atoms with van der Waals surface area (Å²) in [5.41, 5.74) is -0.696. The Balaban J connectivity index is 1.60. The lowest BCUT2D eigenvalue weighted by Crippen LogP contribution is -2.52. The number of carbonyl (C=O) groups is 1. The Kier molecular flexibility index (Phi) is 7.08. The number of piperazine rings is 1. The molecule has 1 fully saturated rings. The highest BCUT2D eigenvalue weighted by Crippen LogP contribution is 2.36. The number of benzene rings is 2. The second-order valence-electron chi connectivity index (χ2n) is 6.97. The molecule has 1 saturated heterocycles. The number of nitrogens with zero attached hydrogens (tertiary/aromatic N) is 3. The Morgan fingerprint density at radius 3 is 2.34 bits per heavy atom. The number of thiocarbonyl (C=S) groups is 1. The number of alkyl halides is 3. The second-order valence-corrected chi connectivity index (χ2v) is 7.36. The van der Waals surface area contributed by atoms with Crippen molar-refractivity contribution >= 4 is 40.7 Å². The van der Waals surface area contributed by atoms with Gasteiger partial charge in [-0.25, -0.2) is 0 Å². The number of hydrogen-bond acceptors (Lipinski definition) is 5. The zero-order valence-electron chi connectivity index (χ0n) is 16.7. The van der Waals surface area contributed by atoms with Crippen LogP contribution in [0.2, 0.25) is 0 Å². The number of hydrogen-bond donors (Lipinski definition) is 1. The third kappa shape index (κ3) is 5.82. The highest BCUT2D eigenvalue weighted by molar-refractivity contribution is 7.80. The number of nitro benzene ring substituents is 1. The molecule has 2 aromatic rings. The van der Waals surface area contributed by atoms with Crippen LogP contribution >= 0.6 is 12.2 Å². The lowest BCUT2D eigenvalue weighted by Gasteiger charge is -2.36. The fourth-order valence-electron chi connectivity index (χ4n) is 3.23. The molecule has 3 rings (SSSR count). The first kappa shape index (κ1) is 23.2. The van der Waals surface area contributed by atoms with Crippen molar-refractivity contribution in [2.45, 2.75) is 6.18 Å². The SMILES string of the molecule is O=C(/C=C/c1ccccc1)NC(=S)N1CCN(c2ccc(C(F)(F)F)cc2[N+](=O)[O-])CC1. The van der Waals surface area contributed by atoms with Crippen molar-refractivity contribution in [3.8, 4) is 0 Å². The van der Waals surface area contributed by atoms with E-state index < -0.39 is 22.4 Å². The molecule has 2 aromatic carbocycles. The fraction of sp³-hybridized carbons (Fsp3) is 0.238. The van der Waals surface area contributed by atoms with Gasteiger partial charge < -0.3 is 9.80 Å². The van der Waals surface area contributed by atoms with Gasteiger partial charge in [-0.2, -0.15) is 13.2 Å². The molecule has 0 aliphatic carbocycles. The van der Waals surface area contributed by atoms with E-state index in [9.17, 15) is 28.1 Å². The summed E-state index contributed by atoms with van der Waals surface area (Å²) in [6, 6.07) is 11.8. The summed E-state index contributed by atoms with van der Waals surface area (Å²) < 4.78 is 38.7. The molecule has 1 amide bonds. The normalized spacial score (nSPS) is 14.5. The van der Waals surface area contributed by atoms with E-state index in [0.717, 1.165) is 17.7 Å². The van der Waals surface area contributed by atoms with E-state index in [1.807, 2.05) is 30.3 Å². The molecule has 1 N–H and O–H groups in total. The van der Waals surface area contributed by atoms with Gasteiger partial charge in [0.1, 0.15) is 5.69 Å². The van der Waals surface area contributed by atoms with E-state index in [2.05, 4.69) is 5.32 Å². The Morgan fingerprint density at radius 2 is 1.75 bits per heavy atom. The van der Waals surface area contributed by atoms with Crippen molar-refractivity contribution < 1.29 is 22.9 Å². The average Bonchev–Trinajstić information content (AvgIpc) is 2.77. The summed E-state index contributed by atoms with van der Waals surface area (Å²) in [6.45, 7) is 1.28. The molecule has 1 aliphatic rings. The van der Waals surface area contributed by atoms with Crippen LogP contribution in [0, 0.1) is 10.1 Å². The zero-order chi connectivity index (χ0) is 23.3. The van der Waals surface area contributed by atoms with E-state index in [0.29, 0.717) is 32.2 Å². The topological polar surface area (TPSA) is 78.7 Å². The van der Waals surface area contributed by atoms with Crippen LogP contribution in [0.25, 0.3) is 6.08 Å². The summed E-state index contributed by atoms with van der Waals surface area (Å²) in [4.78, 5) is 26.0. The summed E-state index contributed by atoms with van der Waals surface area (Å²) in [5, 5.41) is 14.2. The molecule has 7 nitrogen and oxygen atoms in total. The predicted octanol–water partition coefficient (Wildman–Crippen LogP) is 3.85.